The van der Waals surface area contributed by atoms with Crippen LogP contribution in [0.15, 0.2) is 43.0 Å². The molecule has 2 N–H and O–H groups in total. The molecule has 0 aliphatic heterocycles. The number of benzene rings is 1. The van der Waals surface area contributed by atoms with Gasteiger partial charge >= 0.3 is 0 Å². The average molecular weight is 246 g/mol. The van der Waals surface area contributed by atoms with E-state index in [4.69, 9.17) is 5.73 Å². The molecule has 1 atom stereocenters. The van der Waals surface area contributed by atoms with Crippen LogP contribution in [-0.4, -0.2) is 29.9 Å². The highest BCUT2D eigenvalue weighted by Crippen LogP contribution is 2.05. The zero-order chi connectivity index (χ0) is 13.4. The predicted octanol–water partition coefficient (Wildman–Crippen LogP) is 1.98. The fraction of sp³-hybridized carbons (Fsp3) is 0.400. The van der Waals surface area contributed by atoms with Crippen LogP contribution in [0.4, 0.5) is 0 Å². The third kappa shape index (κ3) is 4.34. The lowest BCUT2D eigenvalue weighted by Gasteiger charge is -2.24. The molecular weight excluding hydrogens is 224 g/mol. The van der Waals surface area contributed by atoms with E-state index in [0.29, 0.717) is 13.0 Å². The molecule has 0 heterocycles. The van der Waals surface area contributed by atoms with Crippen molar-refractivity contribution in [3.8, 4) is 0 Å². The van der Waals surface area contributed by atoms with Gasteiger partial charge in [0.2, 0.25) is 5.91 Å². The summed E-state index contributed by atoms with van der Waals surface area (Å²) in [5.74, 6) is 0.000558. The van der Waals surface area contributed by atoms with Crippen molar-refractivity contribution in [2.24, 2.45) is 5.73 Å². The molecule has 18 heavy (non-hydrogen) atoms. The highest BCUT2D eigenvalue weighted by Gasteiger charge is 2.19. The second-order valence-electron chi connectivity index (χ2n) is 4.37. The van der Waals surface area contributed by atoms with Crippen molar-refractivity contribution in [2.75, 3.05) is 13.1 Å². The smallest absolute Gasteiger partial charge is 0.240 e. The van der Waals surface area contributed by atoms with Gasteiger partial charge < -0.3 is 10.6 Å². The van der Waals surface area contributed by atoms with Crippen molar-refractivity contribution in [1.29, 1.82) is 0 Å². The Labute approximate surface area is 109 Å². The maximum atomic E-state index is 12.2. The molecule has 0 aliphatic rings. The Bertz CT molecular complexity index is 375. The third-order valence-corrected chi connectivity index (χ3v) is 2.77. The van der Waals surface area contributed by atoms with Crippen LogP contribution in [0.3, 0.4) is 0 Å². The minimum atomic E-state index is -0.473. The summed E-state index contributed by atoms with van der Waals surface area (Å²) in [6.45, 7) is 7.02. The molecule has 0 saturated heterocycles. The summed E-state index contributed by atoms with van der Waals surface area (Å²) in [5, 5.41) is 0. The van der Waals surface area contributed by atoms with Gasteiger partial charge in [-0.25, -0.2) is 0 Å². The zero-order valence-electron chi connectivity index (χ0n) is 11.0. The fourth-order valence-electron chi connectivity index (χ4n) is 1.91. The Balaban J connectivity index is 2.61. The molecule has 3 nitrogen and oxygen atoms in total. The first-order chi connectivity index (χ1) is 8.69. The van der Waals surface area contributed by atoms with E-state index in [-0.39, 0.29) is 5.91 Å². The number of carbonyl (C=O) groups excluding carboxylic acids is 1. The van der Waals surface area contributed by atoms with Crippen LogP contribution in [0.2, 0.25) is 0 Å². The van der Waals surface area contributed by atoms with Crippen molar-refractivity contribution >= 4 is 5.91 Å². The number of hydrogen-bond acceptors (Lipinski definition) is 2. The van der Waals surface area contributed by atoms with Crippen molar-refractivity contribution in [2.45, 2.75) is 25.8 Å². The zero-order valence-corrected chi connectivity index (χ0v) is 11.0. The Morgan fingerprint density at radius 1 is 1.44 bits per heavy atom. The number of rotatable bonds is 7. The summed E-state index contributed by atoms with van der Waals surface area (Å²) < 4.78 is 0. The predicted molar refractivity (Wildman–Crippen MR) is 75.2 cm³/mol. The number of nitrogens with zero attached hydrogens (tertiary/aromatic N) is 1. The van der Waals surface area contributed by atoms with Crippen LogP contribution in [0.1, 0.15) is 18.9 Å². The van der Waals surface area contributed by atoms with Gasteiger partial charge in [-0.2, -0.15) is 0 Å². The summed E-state index contributed by atoms with van der Waals surface area (Å²) >= 11 is 0. The molecule has 0 fully saturated rings. The fourth-order valence-corrected chi connectivity index (χ4v) is 1.91. The molecule has 0 aromatic heterocycles. The molecule has 1 unspecified atom stereocenters. The van der Waals surface area contributed by atoms with Gasteiger partial charge in [0.1, 0.15) is 0 Å². The lowest BCUT2D eigenvalue weighted by molar-refractivity contribution is -0.132. The lowest BCUT2D eigenvalue weighted by Crippen LogP contribution is -2.45. The van der Waals surface area contributed by atoms with Crippen LogP contribution < -0.4 is 5.73 Å². The first kappa shape index (κ1) is 14.5. The summed E-state index contributed by atoms with van der Waals surface area (Å²) in [6, 6.07) is 9.38. The first-order valence-corrected chi connectivity index (χ1v) is 6.38. The summed E-state index contributed by atoms with van der Waals surface area (Å²) in [4.78, 5) is 13.9. The van der Waals surface area contributed by atoms with Gasteiger partial charge in [0, 0.05) is 13.1 Å². The van der Waals surface area contributed by atoms with E-state index >= 15 is 0 Å². The van der Waals surface area contributed by atoms with Gasteiger partial charge in [-0.15, -0.1) is 6.58 Å². The van der Waals surface area contributed by atoms with Gasteiger partial charge in [0.15, 0.2) is 0 Å². The maximum Gasteiger partial charge on any atom is 0.240 e. The number of nitrogens with two attached hydrogens (primary N) is 1. The van der Waals surface area contributed by atoms with Crippen LogP contribution in [0, 0.1) is 0 Å². The summed E-state index contributed by atoms with van der Waals surface area (Å²) in [6.07, 6.45) is 3.25. The Hall–Kier alpha value is -1.61. The Morgan fingerprint density at radius 3 is 2.67 bits per heavy atom. The molecule has 1 amide bonds. The quantitative estimate of drug-likeness (QED) is 0.748. The molecule has 1 rings (SSSR count). The molecule has 3 heteroatoms. The van der Waals surface area contributed by atoms with Crippen LogP contribution in [0.25, 0.3) is 0 Å². The molecule has 1 aromatic carbocycles. The Morgan fingerprint density at radius 2 is 2.11 bits per heavy atom. The number of carbonyl (C=O) groups is 1. The molecule has 0 spiro atoms. The SMILES string of the molecule is C=CCN(CCC)C(=O)C(N)Cc1ccccc1. The highest BCUT2D eigenvalue weighted by atomic mass is 16.2. The topological polar surface area (TPSA) is 46.3 Å². The highest BCUT2D eigenvalue weighted by molar-refractivity contribution is 5.82. The monoisotopic (exact) mass is 246 g/mol. The molecule has 0 saturated carbocycles. The van der Waals surface area contributed by atoms with E-state index in [2.05, 4.69) is 6.58 Å². The van der Waals surface area contributed by atoms with E-state index in [0.717, 1.165) is 18.5 Å². The molecule has 1 aromatic rings. The molecule has 0 aliphatic carbocycles. The van der Waals surface area contributed by atoms with E-state index in [1.165, 1.54) is 0 Å². The average Bonchev–Trinajstić information content (AvgIpc) is 2.39. The van der Waals surface area contributed by atoms with Crippen LogP contribution in [-0.2, 0) is 11.2 Å². The lowest BCUT2D eigenvalue weighted by atomic mass is 10.1. The molecule has 98 valence electrons. The third-order valence-electron chi connectivity index (χ3n) is 2.77. The van der Waals surface area contributed by atoms with E-state index in [1.807, 2.05) is 37.3 Å². The molecular formula is C15H22N2O. The normalized spacial score (nSPS) is 11.9. The Kier molecular flexibility index (Phi) is 6.15. The number of hydrogen-bond donors (Lipinski definition) is 1. The van der Waals surface area contributed by atoms with Gasteiger partial charge in [-0.05, 0) is 18.4 Å². The van der Waals surface area contributed by atoms with Gasteiger partial charge in [-0.3, -0.25) is 4.79 Å². The second kappa shape index (κ2) is 7.67. The summed E-state index contributed by atoms with van der Waals surface area (Å²) in [7, 11) is 0. The van der Waals surface area contributed by atoms with Crippen molar-refractivity contribution in [1.82, 2.24) is 4.90 Å². The van der Waals surface area contributed by atoms with Crippen LogP contribution >= 0.6 is 0 Å². The number of amides is 1. The minimum Gasteiger partial charge on any atom is -0.338 e. The maximum absolute atomic E-state index is 12.2. The van der Waals surface area contributed by atoms with E-state index < -0.39 is 6.04 Å². The minimum absolute atomic E-state index is 0.000558. The van der Waals surface area contributed by atoms with Crippen molar-refractivity contribution in [3.63, 3.8) is 0 Å². The molecule has 0 radical (unpaired) electrons. The summed E-state index contributed by atoms with van der Waals surface area (Å²) in [5.41, 5.74) is 7.08. The van der Waals surface area contributed by atoms with Gasteiger partial charge in [-0.1, -0.05) is 43.3 Å². The van der Waals surface area contributed by atoms with Crippen molar-refractivity contribution in [3.05, 3.63) is 48.6 Å². The van der Waals surface area contributed by atoms with Gasteiger partial charge in [0.05, 0.1) is 6.04 Å². The van der Waals surface area contributed by atoms with E-state index in [1.54, 1.807) is 11.0 Å². The largest absolute Gasteiger partial charge is 0.338 e. The standard InChI is InChI=1S/C15H22N2O/c1-3-10-17(11-4-2)15(18)14(16)12-13-8-6-5-7-9-13/h3,5-9,14H,1,4,10-12,16H2,2H3. The molecule has 0 bridgehead atoms. The van der Waals surface area contributed by atoms with Crippen molar-refractivity contribution < 1.29 is 4.79 Å². The van der Waals surface area contributed by atoms with E-state index in [9.17, 15) is 4.79 Å². The van der Waals surface area contributed by atoms with Crippen LogP contribution in [0.5, 0.6) is 0 Å². The first-order valence-electron chi connectivity index (χ1n) is 6.38. The second-order valence-corrected chi connectivity index (χ2v) is 4.37. The van der Waals surface area contributed by atoms with Gasteiger partial charge in [0.25, 0.3) is 0 Å².